The number of aryl methyl sites for hydroxylation is 4. The van der Waals surface area contributed by atoms with E-state index in [1.807, 2.05) is 0 Å². The molecular formula is C24H32F3NO3P+. The summed E-state index contributed by atoms with van der Waals surface area (Å²) in [5.74, 6) is -0.158. The summed E-state index contributed by atoms with van der Waals surface area (Å²) >= 11 is 0. The Morgan fingerprint density at radius 3 is 2.44 bits per heavy atom. The average Bonchev–Trinajstić information content (AvgIpc) is 3.23. The van der Waals surface area contributed by atoms with Gasteiger partial charge >= 0.3 is 6.18 Å². The molecule has 2 aromatic carbocycles. The van der Waals surface area contributed by atoms with Gasteiger partial charge in [0.25, 0.3) is 0 Å². The van der Waals surface area contributed by atoms with E-state index in [0.717, 1.165) is 25.3 Å². The molecule has 0 saturated heterocycles. The molecule has 2 atom stereocenters. The molecule has 0 saturated carbocycles. The fraction of sp³-hybridized carbons (Fsp3) is 0.500. The monoisotopic (exact) mass is 470 g/mol. The predicted octanol–water partition coefficient (Wildman–Crippen LogP) is 4.37. The van der Waals surface area contributed by atoms with Crippen LogP contribution in [-0.2, 0) is 36.4 Å². The van der Waals surface area contributed by atoms with Crippen LogP contribution in [0.5, 0.6) is 5.75 Å². The number of nitrogens with two attached hydrogens (primary N) is 1. The van der Waals surface area contributed by atoms with E-state index in [1.165, 1.54) is 38.6 Å². The number of fused-ring (bicyclic) bond motifs is 1. The molecule has 2 aromatic rings. The molecule has 32 heavy (non-hydrogen) atoms. The number of halogens is 3. The van der Waals surface area contributed by atoms with Crippen LogP contribution in [0.25, 0.3) is 0 Å². The van der Waals surface area contributed by atoms with Crippen molar-refractivity contribution >= 4 is 9.47 Å². The van der Waals surface area contributed by atoms with Crippen molar-refractivity contribution in [1.29, 1.82) is 0 Å². The van der Waals surface area contributed by atoms with Crippen LogP contribution in [0.15, 0.2) is 36.4 Å². The third-order valence-electron chi connectivity index (χ3n) is 6.00. The quantitative estimate of drug-likeness (QED) is 0.378. The number of alkyl halides is 3. The molecule has 1 aliphatic rings. The summed E-state index contributed by atoms with van der Waals surface area (Å²) in [6, 6.07) is 10.6. The Hall–Kier alpha value is -1.66. The van der Waals surface area contributed by atoms with Gasteiger partial charge in [0.05, 0.1) is 24.3 Å². The first-order valence-electron chi connectivity index (χ1n) is 10.9. The smallest absolute Gasteiger partial charge is 0.419 e. The van der Waals surface area contributed by atoms with Gasteiger partial charge in [0.15, 0.2) is 0 Å². The molecule has 3 N–H and O–H groups in total. The second-order valence-electron chi connectivity index (χ2n) is 8.61. The van der Waals surface area contributed by atoms with Crippen molar-refractivity contribution in [1.82, 2.24) is 0 Å². The molecule has 2 unspecified atom stereocenters. The molecule has 4 nitrogen and oxygen atoms in total. The van der Waals surface area contributed by atoms with Gasteiger partial charge in [-0.3, -0.25) is 0 Å². The minimum atomic E-state index is -4.52. The Balaban J connectivity index is 1.59. The van der Waals surface area contributed by atoms with Gasteiger partial charge in [-0.1, -0.05) is 24.3 Å². The van der Waals surface area contributed by atoms with E-state index >= 15 is 0 Å². The van der Waals surface area contributed by atoms with E-state index in [-0.39, 0.29) is 25.6 Å². The highest BCUT2D eigenvalue weighted by atomic mass is 31.0. The van der Waals surface area contributed by atoms with E-state index in [1.54, 1.807) is 6.07 Å². The predicted molar refractivity (Wildman–Crippen MR) is 123 cm³/mol. The van der Waals surface area contributed by atoms with Gasteiger partial charge in [-0.05, 0) is 79.3 Å². The van der Waals surface area contributed by atoms with Gasteiger partial charge in [0, 0.05) is 0 Å². The van der Waals surface area contributed by atoms with Crippen molar-refractivity contribution in [3.63, 3.8) is 0 Å². The average molecular weight is 470 g/mol. The van der Waals surface area contributed by atoms with Crippen molar-refractivity contribution in [2.75, 3.05) is 19.8 Å². The summed E-state index contributed by atoms with van der Waals surface area (Å²) in [7, 11) is 1.27. The lowest BCUT2D eigenvalue weighted by atomic mass is 9.93. The molecule has 0 heterocycles. The molecule has 0 aromatic heterocycles. The topological polar surface area (TPSA) is 64.7 Å². The number of ether oxygens (including phenoxy) is 1. The van der Waals surface area contributed by atoms with E-state index in [2.05, 4.69) is 18.2 Å². The minimum Gasteiger partial charge on any atom is -0.493 e. The Labute approximate surface area is 189 Å². The Kier molecular flexibility index (Phi) is 8.56. The Morgan fingerprint density at radius 2 is 1.72 bits per heavy atom. The summed E-state index contributed by atoms with van der Waals surface area (Å²) in [6.45, 7) is 0.0485. The zero-order valence-corrected chi connectivity index (χ0v) is 19.6. The van der Waals surface area contributed by atoms with Crippen molar-refractivity contribution in [3.8, 4) is 5.75 Å². The Morgan fingerprint density at radius 1 is 1.00 bits per heavy atom. The zero-order valence-electron chi connectivity index (χ0n) is 18.2. The number of rotatable bonds is 11. The SMILES string of the molecule is NC(CO)(CCc1ccc(OCCCc2ccc3c(c2)CCC3)c(C(F)(F)F)c1)CO[PH3+]. The van der Waals surface area contributed by atoms with Gasteiger partial charge in [0.1, 0.15) is 21.8 Å². The van der Waals surface area contributed by atoms with Crippen LogP contribution in [0.3, 0.4) is 0 Å². The molecule has 0 fully saturated rings. The van der Waals surface area contributed by atoms with E-state index in [4.69, 9.17) is 15.0 Å². The summed E-state index contributed by atoms with van der Waals surface area (Å²) in [4.78, 5) is 0. The van der Waals surface area contributed by atoms with Crippen LogP contribution in [0.2, 0.25) is 0 Å². The third kappa shape index (κ3) is 6.67. The fourth-order valence-electron chi connectivity index (χ4n) is 4.11. The van der Waals surface area contributed by atoms with E-state index < -0.39 is 17.3 Å². The first-order chi connectivity index (χ1) is 15.2. The highest BCUT2D eigenvalue weighted by molar-refractivity contribution is 7.09. The summed E-state index contributed by atoms with van der Waals surface area (Å²) in [5, 5.41) is 9.47. The van der Waals surface area contributed by atoms with E-state index in [0.29, 0.717) is 24.8 Å². The number of hydrogen-bond donors (Lipinski definition) is 2. The largest absolute Gasteiger partial charge is 0.493 e. The van der Waals surface area contributed by atoms with Gasteiger partial charge in [0.2, 0.25) is 0 Å². The van der Waals surface area contributed by atoms with Gasteiger partial charge in [-0.2, -0.15) is 13.2 Å². The lowest BCUT2D eigenvalue weighted by Crippen LogP contribution is -2.47. The minimum absolute atomic E-state index is 0.138. The molecule has 1 aliphatic carbocycles. The first kappa shape index (κ1) is 25.0. The molecule has 0 radical (unpaired) electrons. The van der Waals surface area contributed by atoms with Crippen molar-refractivity contribution in [2.24, 2.45) is 5.73 Å². The number of aliphatic hydroxyl groups is 1. The molecule has 0 aliphatic heterocycles. The lowest BCUT2D eigenvalue weighted by Gasteiger charge is -2.25. The highest BCUT2D eigenvalue weighted by Crippen LogP contribution is 2.37. The summed E-state index contributed by atoms with van der Waals surface area (Å²) < 4.78 is 51.5. The summed E-state index contributed by atoms with van der Waals surface area (Å²) in [5.41, 5.74) is 8.78. The lowest BCUT2D eigenvalue weighted by molar-refractivity contribution is -0.139. The maximum Gasteiger partial charge on any atom is 0.419 e. The molecule has 3 rings (SSSR count). The Bertz CT molecular complexity index is 907. The van der Waals surface area contributed by atoms with Gasteiger partial charge in [-0.25, -0.2) is 4.52 Å². The van der Waals surface area contributed by atoms with Crippen molar-refractivity contribution < 1.29 is 27.5 Å². The standard InChI is InChI=1S/C24H32F3NO3P/c25-24(26,27)21-14-18(10-11-23(28,15-29)16-31-32)7-9-22(21)30-12-2-3-17-6-8-19-4-1-5-20(19)13-17/h6-9,13-14,29H,1-5,10-12,15-16,28H2,32H3/q+1. The van der Waals surface area contributed by atoms with Gasteiger partial charge < -0.3 is 15.6 Å². The highest BCUT2D eigenvalue weighted by Gasteiger charge is 2.35. The van der Waals surface area contributed by atoms with Crippen LogP contribution in [-0.4, -0.2) is 30.5 Å². The second-order valence-corrected chi connectivity index (χ2v) is 9.01. The fourth-order valence-corrected chi connectivity index (χ4v) is 4.52. The van der Waals surface area contributed by atoms with Crippen molar-refractivity contribution in [2.45, 2.75) is 56.7 Å². The molecule has 0 spiro atoms. The third-order valence-corrected chi connectivity index (χ3v) is 6.20. The van der Waals surface area contributed by atoms with Crippen molar-refractivity contribution in [3.05, 3.63) is 64.2 Å². The first-order valence-corrected chi connectivity index (χ1v) is 11.5. The van der Waals surface area contributed by atoms with Crippen LogP contribution in [0.4, 0.5) is 13.2 Å². The molecule has 0 amide bonds. The van der Waals surface area contributed by atoms with Crippen LogP contribution in [0, 0.1) is 0 Å². The van der Waals surface area contributed by atoms with Gasteiger partial charge in [-0.15, -0.1) is 0 Å². The van der Waals surface area contributed by atoms with Crippen LogP contribution < -0.4 is 10.5 Å². The second kappa shape index (κ2) is 11.0. The van der Waals surface area contributed by atoms with Crippen LogP contribution >= 0.6 is 9.47 Å². The van der Waals surface area contributed by atoms with E-state index in [9.17, 15) is 18.3 Å². The molecular weight excluding hydrogens is 438 g/mol. The number of hydrogen-bond acceptors (Lipinski definition) is 4. The van der Waals surface area contributed by atoms with Crippen LogP contribution in [0.1, 0.15) is 47.1 Å². The maximum atomic E-state index is 13.6. The molecule has 176 valence electrons. The summed E-state index contributed by atoms with van der Waals surface area (Å²) in [6.07, 6.45) is 0.927. The zero-order chi connectivity index (χ0) is 23.2. The number of aliphatic hydroxyl groups excluding tert-OH is 1. The molecule has 8 heteroatoms. The number of benzene rings is 2. The molecule has 0 bridgehead atoms. The maximum absolute atomic E-state index is 13.6. The normalized spacial score (nSPS) is 15.5.